The van der Waals surface area contributed by atoms with E-state index in [9.17, 15) is 4.79 Å². The number of fused-ring (bicyclic) bond motifs is 1. The van der Waals surface area contributed by atoms with Crippen LogP contribution in [-0.4, -0.2) is 16.1 Å². The second-order valence-electron chi connectivity index (χ2n) is 2.33. The van der Waals surface area contributed by atoms with E-state index in [1.807, 2.05) is 0 Å². The molecule has 0 unspecified atom stereocenters. The molecule has 2 N–H and O–H groups in total. The lowest BCUT2D eigenvalue weighted by Gasteiger charge is -2.10. The summed E-state index contributed by atoms with van der Waals surface area (Å²) in [6.07, 6.45) is 2.17. The molecule has 0 atom stereocenters. The topological polar surface area (TPSA) is 57.8 Å². The van der Waals surface area contributed by atoms with Crippen LogP contribution >= 0.6 is 0 Å². The molecule has 52 valence electrons. The first kappa shape index (κ1) is 5.46. The van der Waals surface area contributed by atoms with E-state index in [0.29, 0.717) is 13.0 Å². The van der Waals surface area contributed by atoms with Crippen LogP contribution in [0.4, 0.5) is 0 Å². The van der Waals surface area contributed by atoms with Crippen molar-refractivity contribution in [3.8, 4) is 0 Å². The first-order chi connectivity index (χ1) is 4.86. The molecule has 0 saturated heterocycles. The minimum Gasteiger partial charge on any atom is -0.350 e. The molecule has 10 heavy (non-hydrogen) atoms. The maximum Gasteiger partial charge on any atom is 0.224 e. The molecular formula is C6H7N3O. The predicted molar refractivity (Wildman–Crippen MR) is 34.1 cm³/mol. The van der Waals surface area contributed by atoms with Crippen LogP contribution in [0.5, 0.6) is 0 Å². The molecule has 4 nitrogen and oxygen atoms in total. The average molecular weight is 137 g/mol. The third-order valence-electron chi connectivity index (χ3n) is 1.62. The van der Waals surface area contributed by atoms with Crippen LogP contribution in [0.2, 0.25) is 0 Å². The minimum absolute atomic E-state index is 0.0777. The quantitative estimate of drug-likeness (QED) is 0.510. The summed E-state index contributed by atoms with van der Waals surface area (Å²) in [5, 5.41) is 9.35. The molecule has 1 aliphatic heterocycles. The van der Waals surface area contributed by atoms with E-state index < -0.39 is 0 Å². The third kappa shape index (κ3) is 0.689. The highest BCUT2D eigenvalue weighted by atomic mass is 16.1. The molecule has 0 spiro atoms. The van der Waals surface area contributed by atoms with Gasteiger partial charge in [0.1, 0.15) is 0 Å². The zero-order chi connectivity index (χ0) is 6.97. The van der Waals surface area contributed by atoms with Gasteiger partial charge in [0.05, 0.1) is 24.9 Å². The van der Waals surface area contributed by atoms with Gasteiger partial charge in [-0.25, -0.2) is 0 Å². The van der Waals surface area contributed by atoms with Gasteiger partial charge in [-0.1, -0.05) is 0 Å². The van der Waals surface area contributed by atoms with Crippen LogP contribution in [0.15, 0.2) is 6.20 Å². The van der Waals surface area contributed by atoms with Crippen molar-refractivity contribution in [2.75, 3.05) is 0 Å². The van der Waals surface area contributed by atoms with Gasteiger partial charge in [-0.05, 0) is 0 Å². The van der Waals surface area contributed by atoms with Crippen LogP contribution < -0.4 is 5.32 Å². The summed E-state index contributed by atoms with van der Waals surface area (Å²) in [4.78, 5) is 10.8. The average Bonchev–Trinajstić information content (AvgIpc) is 2.33. The van der Waals surface area contributed by atoms with E-state index in [1.54, 1.807) is 6.20 Å². The van der Waals surface area contributed by atoms with Gasteiger partial charge in [0.15, 0.2) is 0 Å². The van der Waals surface area contributed by atoms with Crippen molar-refractivity contribution in [3.05, 3.63) is 17.5 Å². The maximum atomic E-state index is 10.8. The summed E-state index contributed by atoms with van der Waals surface area (Å²) in [5.74, 6) is 0.0777. The zero-order valence-electron chi connectivity index (χ0n) is 5.35. The fraction of sp³-hybridized carbons (Fsp3) is 0.333. The number of nitrogens with zero attached hydrogens (tertiary/aromatic N) is 1. The van der Waals surface area contributed by atoms with Crippen molar-refractivity contribution in [3.63, 3.8) is 0 Å². The van der Waals surface area contributed by atoms with Crippen molar-refractivity contribution in [1.29, 1.82) is 0 Å². The van der Waals surface area contributed by atoms with Gasteiger partial charge in [-0.2, -0.15) is 5.10 Å². The summed E-state index contributed by atoms with van der Waals surface area (Å²) in [5.41, 5.74) is 2.04. The Morgan fingerprint density at radius 3 is 3.40 bits per heavy atom. The summed E-state index contributed by atoms with van der Waals surface area (Å²) in [6.45, 7) is 0.591. The van der Waals surface area contributed by atoms with Crippen molar-refractivity contribution in [2.24, 2.45) is 0 Å². The Morgan fingerprint density at radius 2 is 2.50 bits per heavy atom. The van der Waals surface area contributed by atoms with Crippen molar-refractivity contribution >= 4 is 5.91 Å². The Hall–Kier alpha value is -1.32. The van der Waals surface area contributed by atoms with Crippen LogP contribution in [0.1, 0.15) is 11.3 Å². The molecule has 1 aromatic heterocycles. The highest BCUT2D eigenvalue weighted by Crippen LogP contribution is 2.08. The summed E-state index contributed by atoms with van der Waals surface area (Å²) >= 11 is 0. The van der Waals surface area contributed by atoms with Crippen LogP contribution in [0, 0.1) is 0 Å². The predicted octanol–water partition coefficient (Wildman–Crippen LogP) is -0.418. The molecule has 0 radical (unpaired) electrons. The Balaban J connectivity index is 2.39. The first-order valence-corrected chi connectivity index (χ1v) is 3.14. The number of hydrogen-bond acceptors (Lipinski definition) is 2. The molecule has 2 rings (SSSR count). The van der Waals surface area contributed by atoms with Crippen molar-refractivity contribution in [1.82, 2.24) is 15.5 Å². The van der Waals surface area contributed by atoms with E-state index in [4.69, 9.17) is 0 Å². The molecule has 0 bridgehead atoms. The van der Waals surface area contributed by atoms with Crippen LogP contribution in [-0.2, 0) is 17.8 Å². The van der Waals surface area contributed by atoms with Gasteiger partial charge in [0.25, 0.3) is 0 Å². The fourth-order valence-electron chi connectivity index (χ4n) is 1.07. The molecule has 2 heterocycles. The molecule has 0 aliphatic carbocycles. The Labute approximate surface area is 57.6 Å². The number of rotatable bonds is 0. The number of H-pyrrole nitrogens is 1. The first-order valence-electron chi connectivity index (χ1n) is 3.14. The molecule has 1 amide bonds. The largest absolute Gasteiger partial charge is 0.350 e. The monoisotopic (exact) mass is 137 g/mol. The van der Waals surface area contributed by atoms with E-state index in [0.717, 1.165) is 11.3 Å². The number of hydrogen-bond donors (Lipinski definition) is 2. The third-order valence-corrected chi connectivity index (χ3v) is 1.62. The Morgan fingerprint density at radius 1 is 1.60 bits per heavy atom. The SMILES string of the molecule is O=C1Cc2cn[nH]c2CN1. The molecule has 1 aliphatic rings. The van der Waals surface area contributed by atoms with Gasteiger partial charge in [-0.3, -0.25) is 9.89 Å². The number of nitrogens with one attached hydrogen (secondary N) is 2. The van der Waals surface area contributed by atoms with E-state index in [-0.39, 0.29) is 5.91 Å². The lowest BCUT2D eigenvalue weighted by molar-refractivity contribution is -0.121. The number of carbonyl (C=O) groups excluding carboxylic acids is 1. The van der Waals surface area contributed by atoms with Crippen LogP contribution in [0.3, 0.4) is 0 Å². The van der Waals surface area contributed by atoms with Crippen molar-refractivity contribution in [2.45, 2.75) is 13.0 Å². The summed E-state index contributed by atoms with van der Waals surface area (Å²) < 4.78 is 0. The highest BCUT2D eigenvalue weighted by molar-refractivity contribution is 5.80. The number of amides is 1. The van der Waals surface area contributed by atoms with E-state index in [2.05, 4.69) is 15.5 Å². The molecular weight excluding hydrogens is 130 g/mol. The van der Waals surface area contributed by atoms with Gasteiger partial charge >= 0.3 is 0 Å². The van der Waals surface area contributed by atoms with E-state index in [1.165, 1.54) is 0 Å². The normalized spacial score (nSPS) is 16.2. The van der Waals surface area contributed by atoms with E-state index >= 15 is 0 Å². The second-order valence-corrected chi connectivity index (χ2v) is 2.33. The second kappa shape index (κ2) is 1.83. The molecule has 0 aromatic carbocycles. The maximum absolute atomic E-state index is 10.8. The summed E-state index contributed by atoms with van der Waals surface area (Å²) in [6, 6.07) is 0. The minimum atomic E-state index is 0.0777. The van der Waals surface area contributed by atoms with Gasteiger partial charge in [0, 0.05) is 5.56 Å². The standard InChI is InChI=1S/C6H7N3O/c10-6-1-4-2-8-9-5(4)3-7-6/h2H,1,3H2,(H,7,10)(H,8,9). The number of aromatic amines is 1. The van der Waals surface area contributed by atoms with Gasteiger partial charge < -0.3 is 5.32 Å². The Kier molecular flexibility index (Phi) is 1.00. The fourth-order valence-corrected chi connectivity index (χ4v) is 1.07. The zero-order valence-corrected chi connectivity index (χ0v) is 5.35. The van der Waals surface area contributed by atoms with Gasteiger partial charge in [0.2, 0.25) is 5.91 Å². The van der Waals surface area contributed by atoms with Gasteiger partial charge in [-0.15, -0.1) is 0 Å². The highest BCUT2D eigenvalue weighted by Gasteiger charge is 2.15. The van der Waals surface area contributed by atoms with Crippen molar-refractivity contribution < 1.29 is 4.79 Å². The Bertz CT molecular complexity index is 266. The number of carbonyl (C=O) groups is 1. The lowest BCUT2D eigenvalue weighted by atomic mass is 10.1. The molecule has 1 aromatic rings. The van der Waals surface area contributed by atoms with Crippen LogP contribution in [0.25, 0.3) is 0 Å². The lowest BCUT2D eigenvalue weighted by Crippen LogP contribution is -2.29. The molecule has 0 fully saturated rings. The number of aromatic nitrogens is 2. The smallest absolute Gasteiger partial charge is 0.224 e. The molecule has 0 saturated carbocycles. The summed E-state index contributed by atoms with van der Waals surface area (Å²) in [7, 11) is 0. The molecule has 4 heteroatoms.